The van der Waals surface area contributed by atoms with Crippen LogP contribution in [0.1, 0.15) is 27.6 Å². The van der Waals surface area contributed by atoms with E-state index in [1.807, 2.05) is 12.1 Å². The van der Waals surface area contributed by atoms with E-state index in [1.54, 1.807) is 18.2 Å². The van der Waals surface area contributed by atoms with Crippen molar-refractivity contribution in [2.45, 2.75) is 12.5 Å². The van der Waals surface area contributed by atoms with Gasteiger partial charge in [0.1, 0.15) is 5.75 Å². The largest absolute Gasteiger partial charge is 0.493 e. The standard InChI is InChI=1S/C17H15Cl2NO3/c18-12-2-3-13(14(19)8-12)17(22)20-9-15(21)10-1-4-16-11(7-10)5-6-23-16/h1-4,7-8,15,21H,5-6,9H2,(H,20,22). The van der Waals surface area contributed by atoms with Gasteiger partial charge in [0, 0.05) is 18.0 Å². The molecule has 1 amide bonds. The second-order valence-electron chi connectivity index (χ2n) is 5.32. The molecule has 1 atom stereocenters. The van der Waals surface area contributed by atoms with Gasteiger partial charge in [-0.1, -0.05) is 29.3 Å². The predicted octanol–water partition coefficient (Wildman–Crippen LogP) is 3.39. The van der Waals surface area contributed by atoms with Crippen molar-refractivity contribution in [2.75, 3.05) is 13.2 Å². The number of amides is 1. The lowest BCUT2D eigenvalue weighted by atomic mass is 10.0. The number of aliphatic hydroxyl groups is 1. The molecule has 0 saturated carbocycles. The first kappa shape index (κ1) is 16.1. The Bertz CT molecular complexity index is 749. The molecule has 0 bridgehead atoms. The fraction of sp³-hybridized carbons (Fsp3) is 0.235. The molecule has 1 unspecified atom stereocenters. The number of carbonyl (C=O) groups is 1. The number of hydrogen-bond donors (Lipinski definition) is 2. The van der Waals surface area contributed by atoms with Crippen LogP contribution < -0.4 is 10.1 Å². The minimum atomic E-state index is -0.795. The lowest BCUT2D eigenvalue weighted by Crippen LogP contribution is -2.28. The van der Waals surface area contributed by atoms with Crippen LogP contribution in [0.3, 0.4) is 0 Å². The van der Waals surface area contributed by atoms with E-state index in [1.165, 1.54) is 6.07 Å². The maximum atomic E-state index is 12.1. The molecule has 2 N–H and O–H groups in total. The Balaban J connectivity index is 1.64. The second-order valence-corrected chi connectivity index (χ2v) is 6.16. The van der Waals surface area contributed by atoms with Gasteiger partial charge < -0.3 is 15.2 Å². The number of halogens is 2. The first-order valence-corrected chi connectivity index (χ1v) is 7.97. The van der Waals surface area contributed by atoms with Crippen molar-refractivity contribution in [3.63, 3.8) is 0 Å². The van der Waals surface area contributed by atoms with Crippen molar-refractivity contribution in [1.29, 1.82) is 0 Å². The van der Waals surface area contributed by atoms with E-state index in [2.05, 4.69) is 5.32 Å². The fourth-order valence-corrected chi connectivity index (χ4v) is 2.98. The molecule has 1 heterocycles. The number of hydrogen-bond acceptors (Lipinski definition) is 3. The number of ether oxygens (including phenoxy) is 1. The average molecular weight is 352 g/mol. The number of benzene rings is 2. The van der Waals surface area contributed by atoms with Crippen LogP contribution in [0.2, 0.25) is 10.0 Å². The summed E-state index contributed by atoms with van der Waals surface area (Å²) >= 11 is 11.8. The molecule has 0 aliphatic carbocycles. The fourth-order valence-electron chi connectivity index (χ4n) is 2.49. The van der Waals surface area contributed by atoms with Gasteiger partial charge in [-0.25, -0.2) is 0 Å². The molecule has 6 heteroatoms. The van der Waals surface area contributed by atoms with Crippen LogP contribution in [0.5, 0.6) is 5.75 Å². The molecular weight excluding hydrogens is 337 g/mol. The number of nitrogens with one attached hydrogen (secondary N) is 1. The van der Waals surface area contributed by atoms with Crippen molar-refractivity contribution in [3.05, 3.63) is 63.1 Å². The summed E-state index contributed by atoms with van der Waals surface area (Å²) in [6.45, 7) is 0.762. The Labute approximate surface area is 144 Å². The van der Waals surface area contributed by atoms with E-state index >= 15 is 0 Å². The molecule has 0 spiro atoms. The molecular formula is C17H15Cl2NO3. The predicted molar refractivity (Wildman–Crippen MR) is 89.4 cm³/mol. The molecule has 3 rings (SSSR count). The molecule has 2 aromatic rings. The zero-order chi connectivity index (χ0) is 16.4. The summed E-state index contributed by atoms with van der Waals surface area (Å²) in [5.74, 6) is 0.508. The molecule has 2 aromatic carbocycles. The molecule has 1 aliphatic heterocycles. The molecule has 1 aliphatic rings. The van der Waals surface area contributed by atoms with Crippen molar-refractivity contribution in [2.24, 2.45) is 0 Å². The Morgan fingerprint density at radius 2 is 2.09 bits per heavy atom. The molecule has 0 fully saturated rings. The topological polar surface area (TPSA) is 58.6 Å². The number of fused-ring (bicyclic) bond motifs is 1. The van der Waals surface area contributed by atoms with E-state index in [0.29, 0.717) is 17.2 Å². The third-order valence-electron chi connectivity index (χ3n) is 3.73. The Hall–Kier alpha value is -1.75. The highest BCUT2D eigenvalue weighted by Gasteiger charge is 2.17. The Morgan fingerprint density at radius 1 is 1.26 bits per heavy atom. The van der Waals surface area contributed by atoms with Gasteiger partial charge in [0.25, 0.3) is 5.91 Å². The monoisotopic (exact) mass is 351 g/mol. The summed E-state index contributed by atoms with van der Waals surface area (Å²) in [5.41, 5.74) is 2.15. The van der Waals surface area contributed by atoms with E-state index in [-0.39, 0.29) is 17.5 Å². The average Bonchev–Trinajstić information content (AvgIpc) is 2.99. The zero-order valence-electron chi connectivity index (χ0n) is 12.2. The van der Waals surface area contributed by atoms with Crippen LogP contribution in [0.25, 0.3) is 0 Å². The van der Waals surface area contributed by atoms with E-state index in [4.69, 9.17) is 27.9 Å². The maximum absolute atomic E-state index is 12.1. The first-order valence-electron chi connectivity index (χ1n) is 7.21. The van der Waals surface area contributed by atoms with Gasteiger partial charge in [-0.2, -0.15) is 0 Å². The highest BCUT2D eigenvalue weighted by Crippen LogP contribution is 2.28. The van der Waals surface area contributed by atoms with Gasteiger partial charge in [-0.05, 0) is 41.5 Å². The van der Waals surface area contributed by atoms with Gasteiger partial charge in [-0.3, -0.25) is 4.79 Å². The third kappa shape index (κ3) is 3.61. The molecule has 120 valence electrons. The summed E-state index contributed by atoms with van der Waals surface area (Å²) in [4.78, 5) is 12.1. The van der Waals surface area contributed by atoms with Crippen LogP contribution in [0.15, 0.2) is 36.4 Å². The second kappa shape index (κ2) is 6.79. The lowest BCUT2D eigenvalue weighted by molar-refractivity contribution is 0.0916. The van der Waals surface area contributed by atoms with E-state index in [9.17, 15) is 9.90 Å². The van der Waals surface area contributed by atoms with Crippen LogP contribution in [-0.2, 0) is 6.42 Å². The highest BCUT2D eigenvalue weighted by molar-refractivity contribution is 6.36. The van der Waals surface area contributed by atoms with Gasteiger partial charge in [0.15, 0.2) is 0 Å². The Kier molecular flexibility index (Phi) is 4.76. The van der Waals surface area contributed by atoms with E-state index < -0.39 is 6.10 Å². The van der Waals surface area contributed by atoms with Crippen LogP contribution in [0.4, 0.5) is 0 Å². The van der Waals surface area contributed by atoms with Gasteiger partial charge in [0.05, 0.1) is 23.3 Å². The molecule has 0 radical (unpaired) electrons. The van der Waals surface area contributed by atoms with Crippen molar-refractivity contribution >= 4 is 29.1 Å². The van der Waals surface area contributed by atoms with Crippen molar-refractivity contribution in [3.8, 4) is 5.75 Å². The van der Waals surface area contributed by atoms with Crippen LogP contribution in [0, 0.1) is 0 Å². The first-order chi connectivity index (χ1) is 11.0. The van der Waals surface area contributed by atoms with Gasteiger partial charge in [0.2, 0.25) is 0 Å². The summed E-state index contributed by atoms with van der Waals surface area (Å²) in [6, 6.07) is 10.2. The van der Waals surface area contributed by atoms with Crippen molar-refractivity contribution in [1.82, 2.24) is 5.32 Å². The number of aliphatic hydroxyl groups excluding tert-OH is 1. The minimum Gasteiger partial charge on any atom is -0.493 e. The number of carbonyl (C=O) groups excluding carboxylic acids is 1. The molecule has 0 saturated heterocycles. The molecule has 0 aromatic heterocycles. The third-order valence-corrected chi connectivity index (χ3v) is 4.28. The smallest absolute Gasteiger partial charge is 0.252 e. The van der Waals surface area contributed by atoms with Crippen LogP contribution in [-0.4, -0.2) is 24.2 Å². The summed E-state index contributed by atoms with van der Waals surface area (Å²) < 4.78 is 5.44. The van der Waals surface area contributed by atoms with Crippen molar-refractivity contribution < 1.29 is 14.6 Å². The summed E-state index contributed by atoms with van der Waals surface area (Å²) in [5, 5.41) is 13.7. The highest BCUT2D eigenvalue weighted by atomic mass is 35.5. The normalized spacial score (nSPS) is 14.0. The summed E-state index contributed by atoms with van der Waals surface area (Å²) in [6.07, 6.45) is 0.0405. The van der Waals surface area contributed by atoms with E-state index in [0.717, 1.165) is 23.3 Å². The van der Waals surface area contributed by atoms with Gasteiger partial charge >= 0.3 is 0 Å². The number of rotatable bonds is 4. The zero-order valence-corrected chi connectivity index (χ0v) is 13.7. The summed E-state index contributed by atoms with van der Waals surface area (Å²) in [7, 11) is 0. The minimum absolute atomic E-state index is 0.0947. The lowest BCUT2D eigenvalue weighted by Gasteiger charge is -2.14. The van der Waals surface area contributed by atoms with Crippen LogP contribution >= 0.6 is 23.2 Å². The Morgan fingerprint density at radius 3 is 2.87 bits per heavy atom. The van der Waals surface area contributed by atoms with Gasteiger partial charge in [-0.15, -0.1) is 0 Å². The maximum Gasteiger partial charge on any atom is 0.252 e. The molecule has 4 nitrogen and oxygen atoms in total. The SMILES string of the molecule is O=C(NCC(O)c1ccc2c(c1)CCO2)c1ccc(Cl)cc1Cl. The quantitative estimate of drug-likeness (QED) is 0.887. The molecule has 23 heavy (non-hydrogen) atoms.